The van der Waals surface area contributed by atoms with Crippen LogP contribution < -0.4 is 16.4 Å². The van der Waals surface area contributed by atoms with E-state index in [0.29, 0.717) is 40.3 Å². The number of aryl methyl sites for hydroxylation is 2. The molecule has 0 spiro atoms. The van der Waals surface area contributed by atoms with Gasteiger partial charge in [-0.1, -0.05) is 36.8 Å². The van der Waals surface area contributed by atoms with Crippen LogP contribution in [0, 0.1) is 6.92 Å². The minimum absolute atomic E-state index is 0.0252. The summed E-state index contributed by atoms with van der Waals surface area (Å²) in [7, 11) is 0. The van der Waals surface area contributed by atoms with Crippen molar-refractivity contribution >= 4 is 27.5 Å². The number of benzene rings is 1. The van der Waals surface area contributed by atoms with Crippen molar-refractivity contribution in [1.29, 1.82) is 0 Å². The molecule has 4 aromatic rings. The van der Waals surface area contributed by atoms with Gasteiger partial charge in [-0.2, -0.15) is 0 Å². The number of rotatable bonds is 5. The Labute approximate surface area is 200 Å². The monoisotopic (exact) mass is 474 g/mol. The van der Waals surface area contributed by atoms with Crippen molar-refractivity contribution in [1.82, 2.24) is 19.4 Å². The van der Waals surface area contributed by atoms with Crippen molar-refractivity contribution in [2.45, 2.75) is 52.2 Å². The molecular weight excluding hydrogens is 448 g/mol. The molecule has 34 heavy (non-hydrogen) atoms. The number of aromatic nitrogens is 3. The first kappa shape index (κ1) is 22.3. The van der Waals surface area contributed by atoms with E-state index in [0.717, 1.165) is 42.6 Å². The lowest BCUT2D eigenvalue weighted by Gasteiger charge is -2.08. The van der Waals surface area contributed by atoms with E-state index in [1.165, 1.54) is 11.3 Å². The van der Waals surface area contributed by atoms with Crippen molar-refractivity contribution in [2.75, 3.05) is 0 Å². The number of amides is 1. The van der Waals surface area contributed by atoms with Crippen molar-refractivity contribution in [3.8, 4) is 0 Å². The van der Waals surface area contributed by atoms with Gasteiger partial charge >= 0.3 is 0 Å². The number of carbonyl (C=O) groups excluding carboxylic acids is 1. The van der Waals surface area contributed by atoms with Crippen molar-refractivity contribution < 1.29 is 4.79 Å². The number of fused-ring (bicyclic) bond motifs is 2. The predicted molar refractivity (Wildman–Crippen MR) is 134 cm³/mol. The summed E-state index contributed by atoms with van der Waals surface area (Å²) in [5, 5.41) is 3.54. The van der Waals surface area contributed by atoms with E-state index in [1.54, 1.807) is 27.5 Å². The topological polar surface area (TPSA) is 86.0 Å². The Hall–Kier alpha value is -3.52. The van der Waals surface area contributed by atoms with Gasteiger partial charge in [0.25, 0.3) is 17.0 Å². The normalized spacial score (nSPS) is 13.4. The van der Waals surface area contributed by atoms with Gasteiger partial charge in [-0.3, -0.25) is 19.0 Å². The maximum absolute atomic E-state index is 13.1. The summed E-state index contributed by atoms with van der Waals surface area (Å²) in [6, 6.07) is 12.9. The van der Waals surface area contributed by atoms with Crippen LogP contribution in [0.1, 0.15) is 51.4 Å². The Bertz CT molecular complexity index is 1480. The molecule has 3 aromatic heterocycles. The second-order valence-electron chi connectivity index (χ2n) is 8.70. The summed E-state index contributed by atoms with van der Waals surface area (Å²) in [6.07, 6.45) is 5.70. The highest BCUT2D eigenvalue weighted by molar-refractivity contribution is 7.20. The van der Waals surface area contributed by atoms with E-state index in [-0.39, 0.29) is 17.0 Å². The molecule has 0 unspecified atom stereocenters. The zero-order chi connectivity index (χ0) is 23.7. The maximum Gasteiger partial charge on any atom is 0.262 e. The Kier molecular flexibility index (Phi) is 6.15. The molecule has 1 aliphatic rings. The molecule has 1 N–H and O–H groups in total. The number of hydrogen-bond acceptors (Lipinski definition) is 5. The average molecular weight is 475 g/mol. The summed E-state index contributed by atoms with van der Waals surface area (Å²) in [5.41, 5.74) is 2.61. The molecular formula is C26H26N4O3S. The van der Waals surface area contributed by atoms with Crippen LogP contribution >= 0.6 is 11.3 Å². The van der Waals surface area contributed by atoms with Gasteiger partial charge in [0.15, 0.2) is 0 Å². The van der Waals surface area contributed by atoms with Gasteiger partial charge in [-0.15, -0.1) is 11.3 Å². The molecule has 1 aliphatic heterocycles. The van der Waals surface area contributed by atoms with Gasteiger partial charge in [0.05, 0.1) is 16.8 Å². The number of thiophene rings is 1. The number of pyridine rings is 1. The lowest BCUT2D eigenvalue weighted by atomic mass is 10.1. The highest BCUT2D eigenvalue weighted by Crippen LogP contribution is 2.28. The molecule has 5 rings (SSSR count). The standard InChI is InChI=1S/C26H26N4O3S/c1-17-22-25(28-20-7-3-2-5-14-30(20)26(22)33)34-23(17)24(32)27-15-18-9-11-19(12-10-18)16-29-13-6-4-8-21(29)31/h4,6,8-13H,2-3,5,7,14-16H2,1H3,(H,27,32). The van der Waals surface area contributed by atoms with Crippen LogP contribution in [-0.4, -0.2) is 20.0 Å². The maximum atomic E-state index is 13.1. The number of hydrogen-bond donors (Lipinski definition) is 1. The second-order valence-corrected chi connectivity index (χ2v) is 9.70. The lowest BCUT2D eigenvalue weighted by molar-refractivity contribution is 0.0954. The minimum Gasteiger partial charge on any atom is -0.347 e. The van der Waals surface area contributed by atoms with Crippen LogP contribution in [0.2, 0.25) is 0 Å². The number of nitrogens with zero attached hydrogens (tertiary/aromatic N) is 3. The summed E-state index contributed by atoms with van der Waals surface area (Å²) in [5.74, 6) is 0.640. The van der Waals surface area contributed by atoms with E-state index < -0.39 is 0 Å². The lowest BCUT2D eigenvalue weighted by Crippen LogP contribution is -2.25. The smallest absolute Gasteiger partial charge is 0.262 e. The quantitative estimate of drug-likeness (QED) is 0.479. The van der Waals surface area contributed by atoms with E-state index in [4.69, 9.17) is 4.98 Å². The molecule has 1 amide bonds. The van der Waals surface area contributed by atoms with E-state index in [1.807, 2.05) is 37.3 Å². The summed E-state index contributed by atoms with van der Waals surface area (Å²) in [4.78, 5) is 43.9. The molecule has 4 heterocycles. The van der Waals surface area contributed by atoms with Gasteiger partial charge < -0.3 is 9.88 Å². The van der Waals surface area contributed by atoms with Crippen molar-refractivity contribution in [3.63, 3.8) is 0 Å². The van der Waals surface area contributed by atoms with Crippen molar-refractivity contribution in [2.24, 2.45) is 0 Å². The SMILES string of the molecule is Cc1c(C(=O)NCc2ccc(Cn3ccccc3=O)cc2)sc2nc3n(c(=O)c12)CCCCC3. The third kappa shape index (κ3) is 4.33. The molecule has 174 valence electrons. The van der Waals surface area contributed by atoms with Crippen LogP contribution in [0.3, 0.4) is 0 Å². The van der Waals surface area contributed by atoms with E-state index in [2.05, 4.69) is 5.32 Å². The molecule has 7 nitrogen and oxygen atoms in total. The van der Waals surface area contributed by atoms with Crippen LogP contribution in [0.5, 0.6) is 0 Å². The number of nitrogens with one attached hydrogen (secondary N) is 1. The molecule has 0 radical (unpaired) electrons. The van der Waals surface area contributed by atoms with E-state index in [9.17, 15) is 14.4 Å². The molecule has 1 aromatic carbocycles. The van der Waals surface area contributed by atoms with E-state index >= 15 is 0 Å². The molecule has 0 atom stereocenters. The predicted octanol–water partition coefficient (Wildman–Crippen LogP) is 3.63. The van der Waals surface area contributed by atoms with Gasteiger partial charge in [0.1, 0.15) is 10.7 Å². The largest absolute Gasteiger partial charge is 0.347 e. The van der Waals surface area contributed by atoms with Gasteiger partial charge in [0, 0.05) is 31.8 Å². The summed E-state index contributed by atoms with van der Waals surface area (Å²) >= 11 is 1.30. The zero-order valence-corrected chi connectivity index (χ0v) is 19.9. The highest BCUT2D eigenvalue weighted by Gasteiger charge is 2.22. The third-order valence-electron chi connectivity index (χ3n) is 6.35. The molecule has 8 heteroatoms. The summed E-state index contributed by atoms with van der Waals surface area (Å²) < 4.78 is 3.44. The molecule has 0 saturated carbocycles. The van der Waals surface area contributed by atoms with Gasteiger partial charge in [-0.05, 0) is 42.5 Å². The molecule has 0 saturated heterocycles. The highest BCUT2D eigenvalue weighted by atomic mass is 32.1. The first-order valence-corrected chi connectivity index (χ1v) is 12.4. The van der Waals surface area contributed by atoms with Gasteiger partial charge in [-0.25, -0.2) is 4.98 Å². The van der Waals surface area contributed by atoms with Gasteiger partial charge in [0.2, 0.25) is 0 Å². The Balaban J connectivity index is 1.31. The fourth-order valence-electron chi connectivity index (χ4n) is 4.44. The fraction of sp³-hybridized carbons (Fsp3) is 0.308. The Morgan fingerprint density at radius 2 is 1.85 bits per heavy atom. The Morgan fingerprint density at radius 1 is 1.06 bits per heavy atom. The van der Waals surface area contributed by atoms with Crippen LogP contribution in [0.15, 0.2) is 58.3 Å². The second kappa shape index (κ2) is 9.38. The van der Waals surface area contributed by atoms with Crippen LogP contribution in [0.25, 0.3) is 10.2 Å². The minimum atomic E-state index is -0.194. The fourth-order valence-corrected chi connectivity index (χ4v) is 5.55. The molecule has 0 fully saturated rings. The van der Waals surface area contributed by atoms with Crippen LogP contribution in [-0.2, 0) is 26.1 Å². The summed E-state index contributed by atoms with van der Waals surface area (Å²) in [6.45, 7) is 3.41. The average Bonchev–Trinajstić information content (AvgIpc) is 3.00. The first-order chi connectivity index (χ1) is 16.5. The first-order valence-electron chi connectivity index (χ1n) is 11.6. The molecule has 0 bridgehead atoms. The third-order valence-corrected chi connectivity index (χ3v) is 7.53. The number of carbonyl (C=O) groups is 1. The Morgan fingerprint density at radius 3 is 2.65 bits per heavy atom. The van der Waals surface area contributed by atoms with Crippen molar-refractivity contribution in [3.05, 3.63) is 96.8 Å². The zero-order valence-electron chi connectivity index (χ0n) is 19.0. The van der Waals surface area contributed by atoms with Crippen LogP contribution in [0.4, 0.5) is 0 Å². The molecule has 0 aliphatic carbocycles.